The molecule has 4 heteroatoms. The molecular weight excluding hydrogens is 492 g/mol. The predicted molar refractivity (Wildman–Crippen MR) is 167 cm³/mol. The molecule has 4 nitrogen and oxygen atoms in total. The summed E-state index contributed by atoms with van der Waals surface area (Å²) >= 11 is 0. The zero-order valence-corrected chi connectivity index (χ0v) is 22.4. The molecule has 0 saturated heterocycles. The Balaban J connectivity index is 1.62. The van der Waals surface area contributed by atoms with Gasteiger partial charge in [0.25, 0.3) is 0 Å². The lowest BCUT2D eigenvalue weighted by molar-refractivity contribution is 0.414. The maximum Gasteiger partial charge on any atom is 0.127 e. The highest BCUT2D eigenvalue weighted by Gasteiger charge is 2.17. The number of rotatable bonds is 7. The van der Waals surface area contributed by atoms with E-state index in [1.807, 2.05) is 61.0 Å². The summed E-state index contributed by atoms with van der Waals surface area (Å²) in [4.78, 5) is 10.1. The molecule has 0 unspecified atom stereocenters. The molecule has 0 radical (unpaired) electrons. The van der Waals surface area contributed by atoms with Gasteiger partial charge in [-0.2, -0.15) is 0 Å². The van der Waals surface area contributed by atoms with Crippen LogP contribution < -0.4 is 9.47 Å². The van der Waals surface area contributed by atoms with Crippen LogP contribution in [0.3, 0.4) is 0 Å². The van der Waals surface area contributed by atoms with Gasteiger partial charge in [-0.3, -0.25) is 9.98 Å². The Bertz CT molecular complexity index is 1750. The minimum atomic E-state index is 0.779. The van der Waals surface area contributed by atoms with Gasteiger partial charge in [-0.05, 0) is 57.9 Å². The van der Waals surface area contributed by atoms with Gasteiger partial charge in [-0.15, -0.1) is 0 Å². The fourth-order valence-corrected chi connectivity index (χ4v) is 5.09. The van der Waals surface area contributed by atoms with Crippen molar-refractivity contribution >= 4 is 45.3 Å². The van der Waals surface area contributed by atoms with Gasteiger partial charge < -0.3 is 9.47 Å². The third kappa shape index (κ3) is 4.83. The van der Waals surface area contributed by atoms with E-state index in [9.17, 15) is 0 Å². The molecule has 6 aromatic rings. The van der Waals surface area contributed by atoms with Crippen LogP contribution in [0.2, 0.25) is 0 Å². The molecule has 194 valence electrons. The molecule has 0 aliphatic rings. The quantitative estimate of drug-likeness (QED) is 0.197. The van der Waals surface area contributed by atoms with Crippen molar-refractivity contribution in [3.8, 4) is 22.6 Å². The highest BCUT2D eigenvalue weighted by atomic mass is 16.5. The SMILES string of the molecule is COc1ccccc1C=Nc1ccc2ccccc2c1-c1c(N=Cc2ccccc2OC)ccc2ccccc12. The first-order valence-corrected chi connectivity index (χ1v) is 13.1. The van der Waals surface area contributed by atoms with Gasteiger partial charge in [0.15, 0.2) is 0 Å². The Hall–Kier alpha value is -5.22. The first-order chi connectivity index (χ1) is 19.8. The molecule has 0 aliphatic carbocycles. The van der Waals surface area contributed by atoms with Crippen molar-refractivity contribution in [1.29, 1.82) is 0 Å². The third-order valence-corrected chi connectivity index (χ3v) is 7.03. The van der Waals surface area contributed by atoms with Crippen LogP contribution in [0.25, 0.3) is 32.7 Å². The van der Waals surface area contributed by atoms with Gasteiger partial charge >= 0.3 is 0 Å². The van der Waals surface area contributed by atoms with Crippen LogP contribution in [0.15, 0.2) is 131 Å². The molecule has 0 spiro atoms. The lowest BCUT2D eigenvalue weighted by Crippen LogP contribution is -1.92. The van der Waals surface area contributed by atoms with E-state index in [1.165, 1.54) is 0 Å². The molecule has 40 heavy (non-hydrogen) atoms. The summed E-state index contributed by atoms with van der Waals surface area (Å²) in [7, 11) is 3.35. The summed E-state index contributed by atoms with van der Waals surface area (Å²) in [5.74, 6) is 1.56. The lowest BCUT2D eigenvalue weighted by Gasteiger charge is -2.16. The second-order valence-electron chi connectivity index (χ2n) is 9.36. The molecule has 0 aliphatic heterocycles. The Morgan fingerprint density at radius 1 is 0.450 bits per heavy atom. The van der Waals surface area contributed by atoms with Crippen molar-refractivity contribution in [3.05, 3.63) is 132 Å². The zero-order valence-electron chi connectivity index (χ0n) is 22.4. The van der Waals surface area contributed by atoms with E-state index in [0.717, 1.165) is 66.7 Å². The minimum absolute atomic E-state index is 0.779. The standard InChI is InChI=1S/C36H28N2O2/c1-39-33-17-9-5-13-27(33)23-37-31-21-19-25-11-3-7-15-29(25)35(31)36-30-16-8-4-12-26(30)20-22-32(36)38-24-28-14-6-10-18-34(28)40-2/h3-24H,1-2H3. The molecule has 0 heterocycles. The second kappa shape index (κ2) is 11.3. The van der Waals surface area contributed by atoms with Gasteiger partial charge in [0.1, 0.15) is 11.5 Å². The van der Waals surface area contributed by atoms with Crippen molar-refractivity contribution in [2.45, 2.75) is 0 Å². The maximum atomic E-state index is 5.57. The normalized spacial score (nSPS) is 11.6. The first-order valence-electron chi connectivity index (χ1n) is 13.1. The number of methoxy groups -OCH3 is 2. The number of aliphatic imine (C=N–C) groups is 2. The number of para-hydroxylation sites is 2. The van der Waals surface area contributed by atoms with Crippen molar-refractivity contribution in [2.24, 2.45) is 9.98 Å². The highest BCUT2D eigenvalue weighted by molar-refractivity contribution is 6.13. The minimum Gasteiger partial charge on any atom is -0.496 e. The summed E-state index contributed by atoms with van der Waals surface area (Å²) in [6.45, 7) is 0. The van der Waals surface area contributed by atoms with Crippen LogP contribution in [0.1, 0.15) is 11.1 Å². The van der Waals surface area contributed by atoms with Crippen LogP contribution in [0, 0.1) is 0 Å². The summed E-state index contributed by atoms with van der Waals surface area (Å²) in [6.07, 6.45) is 3.74. The maximum absolute atomic E-state index is 5.57. The van der Waals surface area contributed by atoms with Crippen molar-refractivity contribution in [2.75, 3.05) is 14.2 Å². The second-order valence-corrected chi connectivity index (χ2v) is 9.36. The van der Waals surface area contributed by atoms with Crippen molar-refractivity contribution in [1.82, 2.24) is 0 Å². The van der Waals surface area contributed by atoms with Crippen LogP contribution in [0.4, 0.5) is 11.4 Å². The molecule has 0 saturated carbocycles. The summed E-state index contributed by atoms with van der Waals surface area (Å²) in [5.41, 5.74) is 5.61. The number of benzene rings is 6. The van der Waals surface area contributed by atoms with E-state index in [0.29, 0.717) is 0 Å². The average Bonchev–Trinajstić information content (AvgIpc) is 3.02. The average molecular weight is 521 g/mol. The van der Waals surface area contributed by atoms with Crippen LogP contribution in [0.5, 0.6) is 11.5 Å². The van der Waals surface area contributed by atoms with E-state index in [4.69, 9.17) is 19.5 Å². The van der Waals surface area contributed by atoms with Gasteiger partial charge in [-0.25, -0.2) is 0 Å². The number of ether oxygens (including phenoxy) is 2. The van der Waals surface area contributed by atoms with E-state index < -0.39 is 0 Å². The molecular formula is C36H28N2O2. The molecule has 6 aromatic carbocycles. The van der Waals surface area contributed by atoms with Crippen molar-refractivity contribution in [3.63, 3.8) is 0 Å². The predicted octanol–water partition coefficient (Wildman–Crippen LogP) is 9.18. The molecule has 0 bridgehead atoms. The Morgan fingerprint density at radius 2 is 0.850 bits per heavy atom. The van der Waals surface area contributed by atoms with Crippen LogP contribution >= 0.6 is 0 Å². The largest absolute Gasteiger partial charge is 0.496 e. The smallest absolute Gasteiger partial charge is 0.127 e. The monoisotopic (exact) mass is 520 g/mol. The van der Waals surface area contributed by atoms with Gasteiger partial charge in [0, 0.05) is 34.7 Å². The summed E-state index contributed by atoms with van der Waals surface area (Å²) in [6, 6.07) is 41.0. The van der Waals surface area contributed by atoms with Gasteiger partial charge in [0.05, 0.1) is 25.6 Å². The van der Waals surface area contributed by atoms with E-state index in [2.05, 4.69) is 72.8 Å². The van der Waals surface area contributed by atoms with Crippen LogP contribution in [-0.4, -0.2) is 26.6 Å². The van der Waals surface area contributed by atoms with Gasteiger partial charge in [-0.1, -0.05) is 84.9 Å². The lowest BCUT2D eigenvalue weighted by atomic mass is 9.91. The fourth-order valence-electron chi connectivity index (χ4n) is 5.09. The molecule has 6 rings (SSSR count). The van der Waals surface area contributed by atoms with Gasteiger partial charge in [0.2, 0.25) is 0 Å². The summed E-state index contributed by atoms with van der Waals surface area (Å²) in [5, 5.41) is 4.51. The fraction of sp³-hybridized carbons (Fsp3) is 0.0556. The molecule has 0 fully saturated rings. The molecule has 0 N–H and O–H groups in total. The van der Waals surface area contributed by atoms with E-state index in [-0.39, 0.29) is 0 Å². The Morgan fingerprint density at radius 3 is 1.30 bits per heavy atom. The topological polar surface area (TPSA) is 43.2 Å². The first kappa shape index (κ1) is 25.1. The van der Waals surface area contributed by atoms with E-state index >= 15 is 0 Å². The molecule has 0 aromatic heterocycles. The number of hydrogen-bond acceptors (Lipinski definition) is 4. The Labute approximate surface area is 233 Å². The number of fused-ring (bicyclic) bond motifs is 2. The molecule has 0 amide bonds. The van der Waals surface area contributed by atoms with E-state index in [1.54, 1.807) is 14.2 Å². The third-order valence-electron chi connectivity index (χ3n) is 7.03. The number of hydrogen-bond donors (Lipinski definition) is 0. The van der Waals surface area contributed by atoms with Crippen molar-refractivity contribution < 1.29 is 9.47 Å². The highest BCUT2D eigenvalue weighted by Crippen LogP contribution is 2.45. The zero-order chi connectivity index (χ0) is 27.3. The van der Waals surface area contributed by atoms with Crippen LogP contribution in [-0.2, 0) is 0 Å². The number of nitrogens with zero attached hydrogens (tertiary/aromatic N) is 2. The Kier molecular flexibility index (Phi) is 7.06. The summed E-state index contributed by atoms with van der Waals surface area (Å²) < 4.78 is 11.1. The molecule has 0 atom stereocenters.